The van der Waals surface area contributed by atoms with E-state index in [0.717, 1.165) is 17.1 Å². The van der Waals surface area contributed by atoms with Crippen LogP contribution in [0.15, 0.2) is 48.5 Å². The highest BCUT2D eigenvalue weighted by molar-refractivity contribution is 5.75. The van der Waals surface area contributed by atoms with E-state index in [9.17, 15) is 4.79 Å². The maximum absolute atomic E-state index is 11.7. The number of nitrogens with zero attached hydrogens (tertiary/aromatic N) is 1. The molecule has 1 heterocycles. The van der Waals surface area contributed by atoms with Gasteiger partial charge in [-0.15, -0.1) is 0 Å². The zero-order valence-corrected chi connectivity index (χ0v) is 12.2. The second kappa shape index (κ2) is 8.04. The lowest BCUT2D eigenvalue weighted by atomic mass is 10.3. The maximum atomic E-state index is 11.7. The van der Waals surface area contributed by atoms with Gasteiger partial charge in [0, 0.05) is 12.1 Å². The zero-order valence-electron chi connectivity index (χ0n) is 12.2. The lowest BCUT2D eigenvalue weighted by molar-refractivity contribution is -0.121. The van der Waals surface area contributed by atoms with Crippen LogP contribution in [0, 0.1) is 6.92 Å². The number of ether oxygens (including phenoxy) is 1. The van der Waals surface area contributed by atoms with Crippen LogP contribution in [0.1, 0.15) is 24.2 Å². The first kappa shape index (κ1) is 15.0. The molecule has 2 rings (SSSR count). The fourth-order valence-electron chi connectivity index (χ4n) is 1.91. The first-order valence-corrected chi connectivity index (χ1v) is 7.11. The molecule has 0 aliphatic rings. The third kappa shape index (κ3) is 5.65. The molecule has 110 valence electrons. The van der Waals surface area contributed by atoms with E-state index in [1.54, 1.807) is 0 Å². The van der Waals surface area contributed by atoms with Crippen LogP contribution in [-0.2, 0) is 11.3 Å². The summed E-state index contributed by atoms with van der Waals surface area (Å²) in [5.74, 6) is 0.858. The summed E-state index contributed by atoms with van der Waals surface area (Å²) < 4.78 is 5.54. The summed E-state index contributed by atoms with van der Waals surface area (Å²) in [7, 11) is 0. The Balaban J connectivity index is 1.62. The van der Waals surface area contributed by atoms with E-state index in [2.05, 4.69) is 10.3 Å². The summed E-state index contributed by atoms with van der Waals surface area (Å²) in [6.07, 6.45) is 1.15. The molecule has 0 bridgehead atoms. The van der Waals surface area contributed by atoms with Crippen molar-refractivity contribution in [2.45, 2.75) is 26.3 Å². The lowest BCUT2D eigenvalue weighted by Gasteiger charge is -2.07. The predicted molar refractivity (Wildman–Crippen MR) is 82.0 cm³/mol. The highest BCUT2D eigenvalue weighted by Crippen LogP contribution is 2.08. The quantitative estimate of drug-likeness (QED) is 0.795. The zero-order chi connectivity index (χ0) is 14.9. The molecule has 4 nitrogen and oxygen atoms in total. The van der Waals surface area contributed by atoms with E-state index < -0.39 is 0 Å². The van der Waals surface area contributed by atoms with Gasteiger partial charge in [0.2, 0.25) is 5.91 Å². The number of aryl methyl sites for hydroxylation is 1. The Morgan fingerprint density at radius 1 is 1.14 bits per heavy atom. The smallest absolute Gasteiger partial charge is 0.220 e. The monoisotopic (exact) mass is 284 g/mol. The number of carbonyl (C=O) groups is 1. The normalized spacial score (nSPS) is 10.1. The van der Waals surface area contributed by atoms with Gasteiger partial charge >= 0.3 is 0 Å². The van der Waals surface area contributed by atoms with Gasteiger partial charge in [-0.2, -0.15) is 0 Å². The topological polar surface area (TPSA) is 51.2 Å². The fraction of sp³-hybridized carbons (Fsp3) is 0.294. The molecule has 0 saturated heterocycles. The molecule has 0 atom stereocenters. The van der Waals surface area contributed by atoms with Crippen LogP contribution >= 0.6 is 0 Å². The highest BCUT2D eigenvalue weighted by Gasteiger charge is 2.02. The summed E-state index contributed by atoms with van der Waals surface area (Å²) in [5.41, 5.74) is 1.84. The van der Waals surface area contributed by atoms with Crippen LogP contribution in [0.4, 0.5) is 0 Å². The largest absolute Gasteiger partial charge is 0.494 e. The van der Waals surface area contributed by atoms with Crippen molar-refractivity contribution in [3.05, 3.63) is 59.9 Å². The molecule has 4 heteroatoms. The van der Waals surface area contributed by atoms with Gasteiger partial charge in [-0.1, -0.05) is 24.3 Å². The number of amides is 1. The fourth-order valence-corrected chi connectivity index (χ4v) is 1.91. The van der Waals surface area contributed by atoms with E-state index in [4.69, 9.17) is 4.74 Å². The minimum Gasteiger partial charge on any atom is -0.494 e. The van der Waals surface area contributed by atoms with E-state index >= 15 is 0 Å². The summed E-state index contributed by atoms with van der Waals surface area (Å²) >= 11 is 0. The molecule has 0 saturated carbocycles. The molecule has 0 fully saturated rings. The van der Waals surface area contributed by atoms with Gasteiger partial charge in [0.05, 0.1) is 18.8 Å². The standard InChI is InChI=1S/C17H20N2O2/c1-14-7-5-8-15(19-14)13-18-17(20)11-6-12-21-16-9-3-2-4-10-16/h2-5,7-10H,6,11-13H2,1H3,(H,18,20). The Bertz CT molecular complexity index is 570. The molecule has 0 aliphatic carbocycles. The van der Waals surface area contributed by atoms with Crippen molar-refractivity contribution in [1.29, 1.82) is 0 Å². The summed E-state index contributed by atoms with van der Waals surface area (Å²) in [6, 6.07) is 15.4. The van der Waals surface area contributed by atoms with E-state index in [0.29, 0.717) is 26.0 Å². The van der Waals surface area contributed by atoms with Crippen LogP contribution < -0.4 is 10.1 Å². The molecule has 0 unspecified atom stereocenters. The van der Waals surface area contributed by atoms with Gasteiger partial charge in [-0.25, -0.2) is 0 Å². The highest BCUT2D eigenvalue weighted by atomic mass is 16.5. The minimum atomic E-state index is 0.0231. The minimum absolute atomic E-state index is 0.0231. The second-order valence-corrected chi connectivity index (χ2v) is 4.81. The second-order valence-electron chi connectivity index (χ2n) is 4.81. The number of pyridine rings is 1. The van der Waals surface area contributed by atoms with Crippen molar-refractivity contribution in [1.82, 2.24) is 10.3 Å². The third-order valence-electron chi connectivity index (χ3n) is 2.97. The number of benzene rings is 1. The SMILES string of the molecule is Cc1cccc(CNC(=O)CCCOc2ccccc2)n1. The van der Waals surface area contributed by atoms with E-state index in [1.807, 2.05) is 55.5 Å². The first-order chi connectivity index (χ1) is 10.2. The lowest BCUT2D eigenvalue weighted by Crippen LogP contribution is -2.23. The summed E-state index contributed by atoms with van der Waals surface area (Å²) in [5, 5.41) is 2.87. The third-order valence-corrected chi connectivity index (χ3v) is 2.97. The number of nitrogens with one attached hydrogen (secondary N) is 1. The van der Waals surface area contributed by atoms with Crippen molar-refractivity contribution in [2.24, 2.45) is 0 Å². The molecule has 1 amide bonds. The van der Waals surface area contributed by atoms with Gasteiger partial charge in [0.15, 0.2) is 0 Å². The first-order valence-electron chi connectivity index (χ1n) is 7.11. The van der Waals surface area contributed by atoms with Gasteiger partial charge < -0.3 is 10.1 Å². The molecule has 1 aromatic carbocycles. The maximum Gasteiger partial charge on any atom is 0.220 e. The van der Waals surface area contributed by atoms with Gasteiger partial charge in [-0.3, -0.25) is 9.78 Å². The number of aromatic nitrogens is 1. The molecule has 2 aromatic rings. The summed E-state index contributed by atoms with van der Waals surface area (Å²) in [6.45, 7) is 2.95. The molecular formula is C17H20N2O2. The van der Waals surface area contributed by atoms with Crippen molar-refractivity contribution in [2.75, 3.05) is 6.61 Å². The number of hydrogen-bond acceptors (Lipinski definition) is 3. The Morgan fingerprint density at radius 2 is 1.95 bits per heavy atom. The Labute approximate surface area is 125 Å². The molecule has 21 heavy (non-hydrogen) atoms. The molecule has 1 aromatic heterocycles. The van der Waals surface area contributed by atoms with Crippen molar-refractivity contribution < 1.29 is 9.53 Å². The van der Waals surface area contributed by atoms with E-state index in [-0.39, 0.29) is 5.91 Å². The number of rotatable bonds is 7. The van der Waals surface area contributed by atoms with Crippen molar-refractivity contribution in [3.63, 3.8) is 0 Å². The van der Waals surface area contributed by atoms with Crippen LogP contribution in [-0.4, -0.2) is 17.5 Å². The predicted octanol–water partition coefficient (Wildman–Crippen LogP) is 2.87. The Kier molecular flexibility index (Phi) is 5.76. The van der Waals surface area contributed by atoms with Crippen LogP contribution in [0.5, 0.6) is 5.75 Å². The average Bonchev–Trinajstić information content (AvgIpc) is 2.51. The van der Waals surface area contributed by atoms with E-state index in [1.165, 1.54) is 0 Å². The molecule has 0 radical (unpaired) electrons. The Hall–Kier alpha value is -2.36. The molecule has 0 aliphatic heterocycles. The van der Waals surface area contributed by atoms with Gasteiger partial charge in [0.1, 0.15) is 5.75 Å². The van der Waals surface area contributed by atoms with Crippen molar-refractivity contribution in [3.8, 4) is 5.75 Å². The van der Waals surface area contributed by atoms with Crippen LogP contribution in [0.3, 0.4) is 0 Å². The Morgan fingerprint density at radius 3 is 2.71 bits per heavy atom. The van der Waals surface area contributed by atoms with Crippen LogP contribution in [0.2, 0.25) is 0 Å². The van der Waals surface area contributed by atoms with Crippen molar-refractivity contribution >= 4 is 5.91 Å². The number of carbonyl (C=O) groups excluding carboxylic acids is 1. The molecular weight excluding hydrogens is 264 g/mol. The van der Waals surface area contributed by atoms with Gasteiger partial charge in [0.25, 0.3) is 0 Å². The molecule has 0 spiro atoms. The number of hydrogen-bond donors (Lipinski definition) is 1. The average molecular weight is 284 g/mol. The summed E-state index contributed by atoms with van der Waals surface area (Å²) in [4.78, 5) is 16.1. The molecule has 1 N–H and O–H groups in total. The van der Waals surface area contributed by atoms with Gasteiger partial charge in [-0.05, 0) is 37.6 Å². The van der Waals surface area contributed by atoms with Crippen LogP contribution in [0.25, 0.3) is 0 Å². The number of para-hydroxylation sites is 1.